The lowest BCUT2D eigenvalue weighted by Crippen LogP contribution is -1.94. The third-order valence-corrected chi connectivity index (χ3v) is 12.8. The maximum Gasteiger partial charge on any atom is 0.136 e. The predicted octanol–water partition coefficient (Wildman–Crippen LogP) is 17.3. The number of fused-ring (bicyclic) bond motifs is 9. The van der Waals surface area contributed by atoms with E-state index in [4.69, 9.17) is 8.83 Å². The maximum atomic E-state index is 6.75. The van der Waals surface area contributed by atoms with Crippen LogP contribution in [-0.4, -0.2) is 0 Å². The van der Waals surface area contributed by atoms with Gasteiger partial charge in [0.15, 0.2) is 0 Å². The highest BCUT2D eigenvalue weighted by atomic mass is 16.3. The highest BCUT2D eigenvalue weighted by Crippen LogP contribution is 2.50. The summed E-state index contributed by atoms with van der Waals surface area (Å²) >= 11 is 0. The molecule has 0 saturated heterocycles. The number of benzene rings is 11. The molecule has 0 unspecified atom stereocenters. The standard InChI is InChI=1S/C60H36O2/c1-3-14-37(15-4-1)40-26-29-47-51(32-40)58(42-28-31-56-50(34-42)46-21-9-11-24-54(46)61-56)52-33-41(45-23-13-19-39-18-7-8-20-44(39)45)27-30-48(52)59(47)53-35-43(38-16-5-2-6-17-38)36-57-60(53)49-22-10-12-25-55(49)62-57/h1-36H. The first-order chi connectivity index (χ1) is 30.7. The molecule has 13 rings (SSSR count). The van der Waals surface area contributed by atoms with Crippen molar-refractivity contribution in [3.8, 4) is 55.6 Å². The van der Waals surface area contributed by atoms with Crippen LogP contribution in [0.25, 0.3) is 132 Å². The normalized spacial score (nSPS) is 11.9. The van der Waals surface area contributed by atoms with Gasteiger partial charge in [-0.15, -0.1) is 0 Å². The molecule has 0 amide bonds. The van der Waals surface area contributed by atoms with Gasteiger partial charge in [-0.05, 0) is 136 Å². The van der Waals surface area contributed by atoms with Crippen LogP contribution in [0.5, 0.6) is 0 Å². The van der Waals surface area contributed by atoms with Gasteiger partial charge in [0.1, 0.15) is 22.3 Å². The second-order valence-electron chi connectivity index (χ2n) is 16.3. The van der Waals surface area contributed by atoms with Gasteiger partial charge in [0.2, 0.25) is 0 Å². The molecule has 0 aliphatic carbocycles. The van der Waals surface area contributed by atoms with E-state index in [1.807, 2.05) is 6.07 Å². The van der Waals surface area contributed by atoms with Gasteiger partial charge >= 0.3 is 0 Å². The second kappa shape index (κ2) is 13.7. The van der Waals surface area contributed by atoms with Crippen LogP contribution < -0.4 is 0 Å². The molecule has 62 heavy (non-hydrogen) atoms. The Hall–Kier alpha value is -8.20. The Labute approximate surface area is 357 Å². The van der Waals surface area contributed by atoms with Gasteiger partial charge in [0, 0.05) is 21.5 Å². The summed E-state index contributed by atoms with van der Waals surface area (Å²) in [4.78, 5) is 0. The van der Waals surface area contributed by atoms with E-state index in [1.54, 1.807) is 0 Å². The number of rotatable bonds is 5. The van der Waals surface area contributed by atoms with Crippen molar-refractivity contribution in [3.63, 3.8) is 0 Å². The summed E-state index contributed by atoms with van der Waals surface area (Å²) in [6.45, 7) is 0. The van der Waals surface area contributed by atoms with Gasteiger partial charge in [-0.2, -0.15) is 0 Å². The monoisotopic (exact) mass is 788 g/mol. The lowest BCUT2D eigenvalue weighted by atomic mass is 9.82. The molecule has 0 bridgehead atoms. The van der Waals surface area contributed by atoms with Crippen molar-refractivity contribution < 1.29 is 8.83 Å². The largest absolute Gasteiger partial charge is 0.456 e. The van der Waals surface area contributed by atoms with E-state index in [-0.39, 0.29) is 0 Å². The first-order valence-electron chi connectivity index (χ1n) is 21.2. The van der Waals surface area contributed by atoms with E-state index in [0.29, 0.717) is 0 Å². The van der Waals surface area contributed by atoms with Gasteiger partial charge in [-0.25, -0.2) is 0 Å². The van der Waals surface area contributed by atoms with Crippen molar-refractivity contribution in [3.05, 3.63) is 218 Å². The van der Waals surface area contributed by atoms with E-state index < -0.39 is 0 Å². The molecule has 288 valence electrons. The Morgan fingerprint density at radius 3 is 1.55 bits per heavy atom. The minimum absolute atomic E-state index is 0.874. The van der Waals surface area contributed by atoms with Gasteiger partial charge in [-0.3, -0.25) is 0 Å². The summed E-state index contributed by atoms with van der Waals surface area (Å²) in [5.74, 6) is 0. The minimum atomic E-state index is 0.874. The highest BCUT2D eigenvalue weighted by Gasteiger charge is 2.23. The molecular formula is C60H36O2. The van der Waals surface area contributed by atoms with Crippen molar-refractivity contribution in [2.45, 2.75) is 0 Å². The van der Waals surface area contributed by atoms with E-state index >= 15 is 0 Å². The third kappa shape index (κ3) is 5.37. The number of furan rings is 2. The van der Waals surface area contributed by atoms with Crippen LogP contribution in [0, 0.1) is 0 Å². The van der Waals surface area contributed by atoms with Gasteiger partial charge in [-0.1, -0.05) is 170 Å². The molecule has 0 atom stereocenters. The molecule has 0 N–H and O–H groups in total. The van der Waals surface area contributed by atoms with Crippen molar-refractivity contribution in [2.24, 2.45) is 0 Å². The Kier molecular flexibility index (Phi) is 7.64. The Bertz CT molecular complexity index is 3900. The van der Waals surface area contributed by atoms with Crippen LogP contribution in [0.15, 0.2) is 227 Å². The van der Waals surface area contributed by atoms with Gasteiger partial charge < -0.3 is 8.83 Å². The molecule has 0 aliphatic rings. The molecule has 2 nitrogen and oxygen atoms in total. The predicted molar refractivity (Wildman–Crippen MR) is 261 cm³/mol. The zero-order chi connectivity index (χ0) is 40.7. The SMILES string of the molecule is c1ccc(-c2cc(-c3c4ccc(-c5ccccc5)cc4c(-c4ccc5oc6ccccc6c5c4)c4cc(-c5cccc6ccccc56)ccc34)c3c(c2)oc2ccccc23)cc1. The highest BCUT2D eigenvalue weighted by molar-refractivity contribution is 6.27. The quantitative estimate of drug-likeness (QED) is 0.162. The maximum absolute atomic E-state index is 6.75. The van der Waals surface area contributed by atoms with Crippen LogP contribution in [0.3, 0.4) is 0 Å². The summed E-state index contributed by atoms with van der Waals surface area (Å²) in [7, 11) is 0. The molecule has 2 heterocycles. The minimum Gasteiger partial charge on any atom is -0.456 e. The van der Waals surface area contributed by atoms with E-state index in [2.05, 4.69) is 212 Å². The molecule has 0 saturated carbocycles. The average molecular weight is 789 g/mol. The molecule has 11 aromatic carbocycles. The van der Waals surface area contributed by atoms with Crippen LogP contribution >= 0.6 is 0 Å². The number of hydrogen-bond acceptors (Lipinski definition) is 2. The molecule has 0 aliphatic heterocycles. The topological polar surface area (TPSA) is 26.3 Å². The molecule has 2 aromatic heterocycles. The second-order valence-corrected chi connectivity index (χ2v) is 16.3. The molecule has 0 radical (unpaired) electrons. The van der Waals surface area contributed by atoms with E-state index in [0.717, 1.165) is 66.1 Å². The molecule has 13 aromatic rings. The first kappa shape index (κ1) is 34.6. The van der Waals surface area contributed by atoms with Crippen LogP contribution in [0.4, 0.5) is 0 Å². The van der Waals surface area contributed by atoms with Crippen molar-refractivity contribution in [1.29, 1.82) is 0 Å². The van der Waals surface area contributed by atoms with E-state index in [9.17, 15) is 0 Å². The van der Waals surface area contributed by atoms with Crippen LogP contribution in [0.2, 0.25) is 0 Å². The lowest BCUT2D eigenvalue weighted by molar-refractivity contribution is 0.668. The smallest absolute Gasteiger partial charge is 0.136 e. The molecule has 0 spiro atoms. The summed E-state index contributed by atoms with van der Waals surface area (Å²) in [6.07, 6.45) is 0. The van der Waals surface area contributed by atoms with Gasteiger partial charge in [0.25, 0.3) is 0 Å². The summed E-state index contributed by atoms with van der Waals surface area (Å²) < 4.78 is 13.1. The van der Waals surface area contributed by atoms with Crippen molar-refractivity contribution in [2.75, 3.05) is 0 Å². The average Bonchev–Trinajstić information content (AvgIpc) is 3.91. The fourth-order valence-corrected chi connectivity index (χ4v) is 10.0. The van der Waals surface area contributed by atoms with Gasteiger partial charge in [0.05, 0.1) is 0 Å². The zero-order valence-electron chi connectivity index (χ0n) is 33.6. The fourth-order valence-electron chi connectivity index (χ4n) is 10.0. The number of hydrogen-bond donors (Lipinski definition) is 0. The fraction of sp³-hybridized carbons (Fsp3) is 0. The Morgan fingerprint density at radius 1 is 0.226 bits per heavy atom. The summed E-state index contributed by atoms with van der Waals surface area (Å²) in [6, 6.07) is 79.0. The zero-order valence-corrected chi connectivity index (χ0v) is 33.6. The summed E-state index contributed by atoms with van der Waals surface area (Å²) in [5, 5.41) is 11.6. The molecular weight excluding hydrogens is 753 g/mol. The van der Waals surface area contributed by atoms with Crippen molar-refractivity contribution in [1.82, 2.24) is 0 Å². The van der Waals surface area contributed by atoms with Crippen LogP contribution in [0.1, 0.15) is 0 Å². The van der Waals surface area contributed by atoms with Crippen LogP contribution in [-0.2, 0) is 0 Å². The third-order valence-electron chi connectivity index (χ3n) is 12.8. The first-order valence-corrected chi connectivity index (χ1v) is 21.2. The number of para-hydroxylation sites is 2. The molecule has 2 heteroatoms. The summed E-state index contributed by atoms with van der Waals surface area (Å²) in [5.41, 5.74) is 15.2. The molecule has 0 fully saturated rings. The lowest BCUT2D eigenvalue weighted by Gasteiger charge is -2.21. The Morgan fingerprint density at radius 2 is 0.774 bits per heavy atom. The van der Waals surface area contributed by atoms with E-state index in [1.165, 1.54) is 65.7 Å². The Balaban J connectivity index is 1.22. The van der Waals surface area contributed by atoms with Crippen molar-refractivity contribution >= 4 is 76.2 Å².